The molecule has 0 radical (unpaired) electrons. The lowest BCUT2D eigenvalue weighted by Gasteiger charge is -2.18. The first-order valence-electron chi connectivity index (χ1n) is 3.38. The first-order chi connectivity index (χ1) is 4.50. The molecular weight excluding hydrogens is 144 g/mol. The van der Waals surface area contributed by atoms with Crippen molar-refractivity contribution in [2.45, 2.75) is 20.8 Å². The number of carbonyl (C=O) groups is 1. The van der Waals surface area contributed by atoms with Crippen molar-refractivity contribution in [1.29, 1.82) is 0 Å². The van der Waals surface area contributed by atoms with Gasteiger partial charge in [-0.25, -0.2) is 0 Å². The highest BCUT2D eigenvalue weighted by Gasteiger charge is 2.23. The van der Waals surface area contributed by atoms with Crippen LogP contribution in [0.5, 0.6) is 0 Å². The lowest BCUT2D eigenvalue weighted by molar-refractivity contribution is -0.106. The van der Waals surface area contributed by atoms with Crippen LogP contribution in [-0.4, -0.2) is 10.9 Å². The normalized spacial score (nSPS) is 19.5. The van der Waals surface area contributed by atoms with Crippen molar-refractivity contribution in [3.05, 3.63) is 11.6 Å². The maximum absolute atomic E-state index is 10.8. The maximum Gasteiger partial charge on any atom is 0.212 e. The van der Waals surface area contributed by atoms with Crippen molar-refractivity contribution in [2.75, 3.05) is 5.75 Å². The zero-order chi connectivity index (χ0) is 7.78. The van der Waals surface area contributed by atoms with Crippen LogP contribution in [0.4, 0.5) is 0 Å². The van der Waals surface area contributed by atoms with E-state index in [4.69, 9.17) is 0 Å². The van der Waals surface area contributed by atoms with E-state index in [1.165, 1.54) is 17.3 Å². The van der Waals surface area contributed by atoms with Gasteiger partial charge in [-0.15, -0.1) is 0 Å². The number of carbonyl (C=O) groups excluding carboxylic acids is 1. The molecule has 0 aromatic heterocycles. The third-order valence-corrected chi connectivity index (χ3v) is 2.48. The van der Waals surface area contributed by atoms with Gasteiger partial charge < -0.3 is 0 Å². The molecule has 1 heterocycles. The van der Waals surface area contributed by atoms with Crippen LogP contribution in [0.1, 0.15) is 20.8 Å². The van der Waals surface area contributed by atoms with Crippen LogP contribution < -0.4 is 0 Å². The minimum atomic E-state index is 0.180. The summed E-state index contributed by atoms with van der Waals surface area (Å²) in [6.07, 6.45) is 1.77. The molecule has 0 aromatic carbocycles. The maximum atomic E-state index is 10.8. The predicted molar refractivity (Wildman–Crippen MR) is 45.0 cm³/mol. The Labute approximate surface area is 65.9 Å². The fourth-order valence-corrected chi connectivity index (χ4v) is 1.85. The average Bonchev–Trinajstić information content (AvgIpc) is 2.11. The van der Waals surface area contributed by atoms with Gasteiger partial charge in [-0.3, -0.25) is 4.79 Å². The first kappa shape index (κ1) is 7.86. The highest BCUT2D eigenvalue weighted by molar-refractivity contribution is 8.14. The number of hydrogen-bond acceptors (Lipinski definition) is 2. The van der Waals surface area contributed by atoms with Gasteiger partial charge in [0.05, 0.1) is 0 Å². The van der Waals surface area contributed by atoms with Gasteiger partial charge in [0, 0.05) is 5.75 Å². The van der Waals surface area contributed by atoms with Crippen molar-refractivity contribution >= 4 is 16.9 Å². The van der Waals surface area contributed by atoms with E-state index >= 15 is 0 Å². The van der Waals surface area contributed by atoms with E-state index in [1.807, 2.05) is 0 Å². The monoisotopic (exact) mass is 156 g/mol. The minimum Gasteiger partial charge on any atom is -0.282 e. The molecule has 1 aliphatic heterocycles. The zero-order valence-electron chi connectivity index (χ0n) is 6.60. The molecule has 0 aromatic rings. The van der Waals surface area contributed by atoms with Gasteiger partial charge in [0.1, 0.15) is 0 Å². The summed E-state index contributed by atoms with van der Waals surface area (Å²) in [4.78, 5) is 10.8. The van der Waals surface area contributed by atoms with Gasteiger partial charge in [0.15, 0.2) is 0 Å². The number of rotatable bonds is 0. The van der Waals surface area contributed by atoms with E-state index in [9.17, 15) is 4.79 Å². The van der Waals surface area contributed by atoms with Crippen molar-refractivity contribution in [3.8, 4) is 0 Å². The third-order valence-electron chi connectivity index (χ3n) is 1.63. The fourth-order valence-electron chi connectivity index (χ4n) is 0.807. The van der Waals surface area contributed by atoms with Crippen LogP contribution in [0.15, 0.2) is 11.6 Å². The van der Waals surface area contributed by atoms with Gasteiger partial charge >= 0.3 is 0 Å². The summed E-state index contributed by atoms with van der Waals surface area (Å²) in [5.41, 5.74) is 1.45. The molecule has 0 aliphatic carbocycles. The summed E-state index contributed by atoms with van der Waals surface area (Å²) in [6.45, 7) is 6.41. The Morgan fingerprint density at radius 1 is 1.50 bits per heavy atom. The highest BCUT2D eigenvalue weighted by Crippen LogP contribution is 2.33. The predicted octanol–water partition coefficient (Wildman–Crippen LogP) is 2.23. The van der Waals surface area contributed by atoms with Gasteiger partial charge in [-0.1, -0.05) is 38.1 Å². The summed E-state index contributed by atoms with van der Waals surface area (Å²) >= 11 is 1.40. The molecule has 1 aliphatic rings. The van der Waals surface area contributed by atoms with Gasteiger partial charge in [-0.2, -0.15) is 0 Å². The molecule has 0 amide bonds. The summed E-state index contributed by atoms with van der Waals surface area (Å²) in [5.74, 6) is 0.891. The molecule has 0 bridgehead atoms. The van der Waals surface area contributed by atoms with E-state index in [-0.39, 0.29) is 10.5 Å². The lowest BCUT2D eigenvalue weighted by Crippen LogP contribution is -2.08. The Bertz CT molecular complexity index is 186. The average molecular weight is 156 g/mol. The summed E-state index contributed by atoms with van der Waals surface area (Å²) in [7, 11) is 0. The largest absolute Gasteiger partial charge is 0.282 e. The zero-order valence-corrected chi connectivity index (χ0v) is 7.42. The second-order valence-corrected chi connectivity index (χ2v) is 4.51. The molecule has 56 valence electrons. The number of thioether (sulfide) groups is 1. The van der Waals surface area contributed by atoms with Gasteiger partial charge in [0.25, 0.3) is 0 Å². The highest BCUT2D eigenvalue weighted by atomic mass is 32.2. The van der Waals surface area contributed by atoms with E-state index < -0.39 is 0 Å². The summed E-state index contributed by atoms with van der Waals surface area (Å²) in [6, 6.07) is 0. The Kier molecular flexibility index (Phi) is 1.90. The number of hydrogen-bond donors (Lipinski definition) is 0. The molecule has 0 unspecified atom stereocenters. The Morgan fingerprint density at radius 3 is 2.30 bits per heavy atom. The molecule has 1 nitrogen and oxygen atoms in total. The molecule has 10 heavy (non-hydrogen) atoms. The molecule has 2 heteroatoms. The molecule has 1 rings (SSSR count). The quantitative estimate of drug-likeness (QED) is 0.535. The third kappa shape index (κ3) is 1.63. The van der Waals surface area contributed by atoms with Crippen molar-refractivity contribution in [1.82, 2.24) is 0 Å². The molecular formula is C8H12OS. The van der Waals surface area contributed by atoms with Crippen LogP contribution in [-0.2, 0) is 4.79 Å². The Hall–Kier alpha value is -0.240. The van der Waals surface area contributed by atoms with Crippen LogP contribution in [0, 0.1) is 5.41 Å². The van der Waals surface area contributed by atoms with Gasteiger partial charge in [0.2, 0.25) is 5.12 Å². The van der Waals surface area contributed by atoms with E-state index in [1.54, 1.807) is 6.08 Å². The summed E-state index contributed by atoms with van der Waals surface area (Å²) in [5, 5.41) is 0.213. The molecule has 0 atom stereocenters. The van der Waals surface area contributed by atoms with Crippen LogP contribution in [0.25, 0.3) is 0 Å². The van der Waals surface area contributed by atoms with Gasteiger partial charge in [-0.05, 0) is 11.5 Å². The van der Waals surface area contributed by atoms with Crippen LogP contribution >= 0.6 is 11.8 Å². The first-order valence-corrected chi connectivity index (χ1v) is 4.36. The topological polar surface area (TPSA) is 17.1 Å². The molecule has 0 N–H and O–H groups in total. The van der Waals surface area contributed by atoms with Crippen molar-refractivity contribution < 1.29 is 4.79 Å². The molecule has 0 saturated carbocycles. The second kappa shape index (κ2) is 2.42. The summed E-state index contributed by atoms with van der Waals surface area (Å²) < 4.78 is 0. The van der Waals surface area contributed by atoms with Crippen LogP contribution in [0.2, 0.25) is 0 Å². The Morgan fingerprint density at radius 2 is 2.10 bits per heavy atom. The molecule has 0 fully saturated rings. The van der Waals surface area contributed by atoms with E-state index in [0.29, 0.717) is 0 Å². The standard InChI is InChI=1S/C8H12OS/c1-8(2,3)6-4-7(9)10-5-6/h4H,5H2,1-3H3. The minimum absolute atomic E-state index is 0.180. The SMILES string of the molecule is CC(C)(C)C1=CC(=O)SC1. The smallest absolute Gasteiger partial charge is 0.212 e. The molecule has 0 saturated heterocycles. The van der Waals surface area contributed by atoms with Crippen LogP contribution in [0.3, 0.4) is 0 Å². The lowest BCUT2D eigenvalue weighted by atomic mass is 9.88. The van der Waals surface area contributed by atoms with E-state index in [2.05, 4.69) is 20.8 Å². The molecule has 0 spiro atoms. The van der Waals surface area contributed by atoms with Crippen molar-refractivity contribution in [2.24, 2.45) is 5.41 Å². The Balaban J connectivity index is 2.76. The second-order valence-electron chi connectivity index (χ2n) is 3.53. The van der Waals surface area contributed by atoms with Crippen molar-refractivity contribution in [3.63, 3.8) is 0 Å². The van der Waals surface area contributed by atoms with E-state index in [0.717, 1.165) is 5.75 Å². The fraction of sp³-hybridized carbons (Fsp3) is 0.625.